The molecule has 0 saturated heterocycles. The van der Waals surface area contributed by atoms with Gasteiger partial charge in [-0.05, 0) is 49.6 Å². The molecule has 120 valence electrons. The van der Waals surface area contributed by atoms with Gasteiger partial charge in [0.1, 0.15) is 0 Å². The van der Waals surface area contributed by atoms with Crippen LogP contribution < -0.4 is 5.32 Å². The standard InChI is InChI=1S/C20H29NO/c1-20(2,3)18-11-9-17(10-12-18)19(22)15-21-14-13-16-7-5-4-6-8-16/h7,9-12,21H,4-6,8,13-15H2,1-3H3. The molecule has 1 aromatic carbocycles. The number of rotatable bonds is 6. The molecule has 2 heteroatoms. The first-order chi connectivity index (χ1) is 10.5. The van der Waals surface area contributed by atoms with Crippen LogP contribution in [0, 0.1) is 0 Å². The summed E-state index contributed by atoms with van der Waals surface area (Å²) in [6.07, 6.45) is 8.58. The Labute approximate surface area is 135 Å². The van der Waals surface area contributed by atoms with Crippen molar-refractivity contribution in [3.8, 4) is 0 Å². The van der Waals surface area contributed by atoms with Crippen LogP contribution in [-0.4, -0.2) is 18.9 Å². The molecule has 1 aliphatic rings. The van der Waals surface area contributed by atoms with E-state index in [-0.39, 0.29) is 11.2 Å². The summed E-state index contributed by atoms with van der Waals surface area (Å²) in [6.45, 7) is 7.89. The van der Waals surface area contributed by atoms with Gasteiger partial charge in [-0.15, -0.1) is 0 Å². The number of Topliss-reactive ketones (excluding diaryl/α,β-unsaturated/α-hetero) is 1. The van der Waals surface area contributed by atoms with Crippen LogP contribution in [0.25, 0.3) is 0 Å². The van der Waals surface area contributed by atoms with Gasteiger partial charge in [-0.25, -0.2) is 0 Å². The molecule has 0 saturated carbocycles. The van der Waals surface area contributed by atoms with Gasteiger partial charge in [0.2, 0.25) is 0 Å². The Balaban J connectivity index is 1.76. The second-order valence-corrected chi connectivity index (χ2v) is 7.29. The molecule has 1 aliphatic carbocycles. The Morgan fingerprint density at radius 2 is 1.86 bits per heavy atom. The van der Waals surface area contributed by atoms with Crippen LogP contribution >= 0.6 is 0 Å². The number of allylic oxidation sites excluding steroid dienone is 1. The van der Waals surface area contributed by atoms with Crippen LogP contribution in [0.5, 0.6) is 0 Å². The van der Waals surface area contributed by atoms with Crippen LogP contribution in [0.15, 0.2) is 35.9 Å². The lowest BCUT2D eigenvalue weighted by Crippen LogP contribution is -2.24. The Morgan fingerprint density at radius 1 is 1.14 bits per heavy atom. The minimum absolute atomic E-state index is 0.132. The topological polar surface area (TPSA) is 29.1 Å². The summed E-state index contributed by atoms with van der Waals surface area (Å²) < 4.78 is 0. The van der Waals surface area contributed by atoms with E-state index in [1.165, 1.54) is 31.2 Å². The van der Waals surface area contributed by atoms with E-state index in [4.69, 9.17) is 0 Å². The highest BCUT2D eigenvalue weighted by Crippen LogP contribution is 2.22. The number of ketones is 1. The first-order valence-corrected chi connectivity index (χ1v) is 8.49. The maximum atomic E-state index is 12.2. The number of benzene rings is 1. The maximum Gasteiger partial charge on any atom is 0.176 e. The van der Waals surface area contributed by atoms with E-state index in [9.17, 15) is 4.79 Å². The summed E-state index contributed by atoms with van der Waals surface area (Å²) in [7, 11) is 0. The van der Waals surface area contributed by atoms with Crippen molar-refractivity contribution in [3.63, 3.8) is 0 Å². The van der Waals surface area contributed by atoms with E-state index < -0.39 is 0 Å². The molecule has 1 aromatic rings. The molecule has 22 heavy (non-hydrogen) atoms. The van der Waals surface area contributed by atoms with E-state index in [1.54, 1.807) is 5.57 Å². The molecule has 0 aliphatic heterocycles. The minimum atomic E-state index is 0.132. The third-order valence-corrected chi connectivity index (χ3v) is 4.37. The number of carbonyl (C=O) groups is 1. The van der Waals surface area contributed by atoms with Crippen molar-refractivity contribution in [2.45, 2.75) is 58.3 Å². The van der Waals surface area contributed by atoms with Crippen molar-refractivity contribution >= 4 is 5.78 Å². The molecular weight excluding hydrogens is 270 g/mol. The van der Waals surface area contributed by atoms with E-state index in [0.29, 0.717) is 6.54 Å². The predicted octanol–water partition coefficient (Wildman–Crippen LogP) is 4.65. The molecule has 0 unspecified atom stereocenters. The van der Waals surface area contributed by atoms with Crippen molar-refractivity contribution in [3.05, 3.63) is 47.0 Å². The average molecular weight is 299 g/mol. The molecule has 0 bridgehead atoms. The molecule has 0 atom stereocenters. The average Bonchev–Trinajstić information content (AvgIpc) is 2.52. The van der Waals surface area contributed by atoms with Crippen LogP contribution in [0.4, 0.5) is 0 Å². The third kappa shape index (κ3) is 5.10. The van der Waals surface area contributed by atoms with Crippen LogP contribution in [0.1, 0.15) is 68.8 Å². The monoisotopic (exact) mass is 299 g/mol. The van der Waals surface area contributed by atoms with E-state index in [2.05, 4.69) is 44.3 Å². The van der Waals surface area contributed by atoms with Crippen molar-refractivity contribution in [1.82, 2.24) is 5.32 Å². The summed E-state index contributed by atoms with van der Waals surface area (Å²) in [4.78, 5) is 12.2. The second kappa shape index (κ2) is 7.73. The third-order valence-electron chi connectivity index (χ3n) is 4.37. The quantitative estimate of drug-likeness (QED) is 0.471. The van der Waals surface area contributed by atoms with Gasteiger partial charge < -0.3 is 5.32 Å². The van der Waals surface area contributed by atoms with Crippen LogP contribution in [0.2, 0.25) is 0 Å². The molecule has 1 N–H and O–H groups in total. The smallest absolute Gasteiger partial charge is 0.176 e. The zero-order chi connectivity index (χ0) is 16.0. The van der Waals surface area contributed by atoms with Gasteiger partial charge in [0.25, 0.3) is 0 Å². The maximum absolute atomic E-state index is 12.2. The van der Waals surface area contributed by atoms with Crippen LogP contribution in [-0.2, 0) is 5.41 Å². The predicted molar refractivity (Wildman–Crippen MR) is 93.5 cm³/mol. The number of nitrogens with one attached hydrogen (secondary N) is 1. The molecule has 2 rings (SSSR count). The summed E-state index contributed by atoms with van der Waals surface area (Å²) in [6, 6.07) is 8.04. The molecule has 2 nitrogen and oxygen atoms in total. The lowest BCUT2D eigenvalue weighted by atomic mass is 9.86. The summed E-state index contributed by atoms with van der Waals surface area (Å²) in [5, 5.41) is 3.29. The Kier molecular flexibility index (Phi) is 5.96. The van der Waals surface area contributed by atoms with Gasteiger partial charge in [-0.1, -0.05) is 56.7 Å². The van der Waals surface area contributed by atoms with Crippen molar-refractivity contribution in [2.75, 3.05) is 13.1 Å². The summed E-state index contributed by atoms with van der Waals surface area (Å²) >= 11 is 0. The Hall–Kier alpha value is -1.41. The Bertz CT molecular complexity index is 520. The van der Waals surface area contributed by atoms with E-state index >= 15 is 0 Å². The minimum Gasteiger partial charge on any atom is -0.309 e. The molecule has 0 aromatic heterocycles. The van der Waals surface area contributed by atoms with E-state index in [0.717, 1.165) is 18.5 Å². The van der Waals surface area contributed by atoms with Gasteiger partial charge in [0, 0.05) is 5.56 Å². The normalized spacial score (nSPS) is 15.5. The Morgan fingerprint density at radius 3 is 2.45 bits per heavy atom. The number of hydrogen-bond acceptors (Lipinski definition) is 2. The highest BCUT2D eigenvalue weighted by atomic mass is 16.1. The zero-order valence-electron chi connectivity index (χ0n) is 14.2. The molecule has 0 heterocycles. The summed E-state index contributed by atoms with van der Waals surface area (Å²) in [5.74, 6) is 0.179. The first-order valence-electron chi connectivity index (χ1n) is 8.49. The SMILES string of the molecule is CC(C)(C)c1ccc(C(=O)CNCCC2=CCCCC2)cc1. The van der Waals surface area contributed by atoms with Crippen molar-refractivity contribution in [1.29, 1.82) is 0 Å². The largest absolute Gasteiger partial charge is 0.309 e. The molecular formula is C20H29NO. The van der Waals surface area contributed by atoms with Gasteiger partial charge in [0.15, 0.2) is 5.78 Å². The highest BCUT2D eigenvalue weighted by Gasteiger charge is 2.14. The van der Waals surface area contributed by atoms with E-state index in [1.807, 2.05) is 12.1 Å². The van der Waals surface area contributed by atoms with Crippen molar-refractivity contribution in [2.24, 2.45) is 0 Å². The van der Waals surface area contributed by atoms with Gasteiger partial charge in [0.05, 0.1) is 6.54 Å². The molecule has 0 fully saturated rings. The fraction of sp³-hybridized carbons (Fsp3) is 0.550. The number of hydrogen-bond donors (Lipinski definition) is 1. The second-order valence-electron chi connectivity index (χ2n) is 7.29. The molecule has 0 spiro atoms. The highest BCUT2D eigenvalue weighted by molar-refractivity contribution is 5.97. The molecule has 0 amide bonds. The summed E-state index contributed by atoms with van der Waals surface area (Å²) in [5.41, 5.74) is 3.76. The fourth-order valence-electron chi connectivity index (χ4n) is 2.84. The zero-order valence-corrected chi connectivity index (χ0v) is 14.2. The fourth-order valence-corrected chi connectivity index (χ4v) is 2.84. The van der Waals surface area contributed by atoms with Gasteiger partial charge in [-0.3, -0.25) is 4.79 Å². The lowest BCUT2D eigenvalue weighted by molar-refractivity contribution is 0.0991. The van der Waals surface area contributed by atoms with Gasteiger partial charge >= 0.3 is 0 Å². The molecule has 0 radical (unpaired) electrons. The first kappa shape index (κ1) is 17.0. The lowest BCUT2D eigenvalue weighted by Gasteiger charge is -2.19. The van der Waals surface area contributed by atoms with Gasteiger partial charge in [-0.2, -0.15) is 0 Å². The van der Waals surface area contributed by atoms with Crippen LogP contribution in [0.3, 0.4) is 0 Å². The number of carbonyl (C=O) groups excluding carboxylic acids is 1. The van der Waals surface area contributed by atoms with Crippen molar-refractivity contribution < 1.29 is 4.79 Å².